The molecule has 4 heteroatoms. The number of hydrogen-bond donors (Lipinski definition) is 1. The summed E-state index contributed by atoms with van der Waals surface area (Å²) in [6, 6.07) is 3.58. The molecular weight excluding hydrogens is 227 g/mol. The molecule has 2 aromatic rings. The summed E-state index contributed by atoms with van der Waals surface area (Å²) < 4.78 is 1.01. The van der Waals surface area contributed by atoms with Gasteiger partial charge in [-0.25, -0.2) is 0 Å². The number of halogens is 2. The lowest BCUT2D eigenvalue weighted by atomic mass is 10.2. The number of rotatable bonds is 1. The van der Waals surface area contributed by atoms with E-state index in [0.717, 1.165) is 15.6 Å². The summed E-state index contributed by atoms with van der Waals surface area (Å²) >= 11 is 13.1. The third kappa shape index (κ3) is 1.39. The predicted molar refractivity (Wildman–Crippen MR) is 58.1 cm³/mol. The molecule has 68 valence electrons. The minimum Gasteiger partial charge on any atom is -0.506 e. The standard InChI is InChI=1S/C9H6Cl2OS/c10-3-5-4-13-7-2-1-6(11)9(12)8(5)7/h1-2,4,12H,3H2. The van der Waals surface area contributed by atoms with Crippen molar-refractivity contribution in [2.75, 3.05) is 0 Å². The maximum absolute atomic E-state index is 9.68. The summed E-state index contributed by atoms with van der Waals surface area (Å²) in [4.78, 5) is 0. The molecule has 0 saturated heterocycles. The fraction of sp³-hybridized carbons (Fsp3) is 0.111. The van der Waals surface area contributed by atoms with Crippen molar-refractivity contribution in [2.24, 2.45) is 0 Å². The second kappa shape index (κ2) is 3.37. The first kappa shape index (κ1) is 9.13. The SMILES string of the molecule is Oc1c(Cl)ccc2scc(CCl)c12. The Kier molecular flexibility index (Phi) is 2.37. The van der Waals surface area contributed by atoms with E-state index in [1.807, 2.05) is 11.4 Å². The summed E-state index contributed by atoms with van der Waals surface area (Å²) in [6.45, 7) is 0. The van der Waals surface area contributed by atoms with E-state index in [1.54, 1.807) is 17.4 Å². The van der Waals surface area contributed by atoms with Crippen LogP contribution in [0.25, 0.3) is 10.1 Å². The van der Waals surface area contributed by atoms with Crippen LogP contribution < -0.4 is 0 Å². The lowest BCUT2D eigenvalue weighted by Gasteiger charge is -1.99. The van der Waals surface area contributed by atoms with Gasteiger partial charge in [0.05, 0.1) is 5.02 Å². The quantitative estimate of drug-likeness (QED) is 0.738. The number of fused-ring (bicyclic) bond motifs is 1. The van der Waals surface area contributed by atoms with Crippen LogP contribution in [0.3, 0.4) is 0 Å². The summed E-state index contributed by atoms with van der Waals surface area (Å²) in [5.41, 5.74) is 0.932. The van der Waals surface area contributed by atoms with Gasteiger partial charge in [-0.05, 0) is 23.1 Å². The van der Waals surface area contributed by atoms with E-state index in [2.05, 4.69) is 0 Å². The second-order valence-electron chi connectivity index (χ2n) is 2.66. The Bertz CT molecular complexity index is 450. The molecule has 0 spiro atoms. The molecule has 0 aliphatic rings. The maximum atomic E-state index is 9.68. The fourth-order valence-electron chi connectivity index (χ4n) is 1.25. The maximum Gasteiger partial charge on any atom is 0.143 e. The van der Waals surface area contributed by atoms with Crippen LogP contribution in [-0.2, 0) is 5.88 Å². The van der Waals surface area contributed by atoms with Crippen LogP contribution in [0.15, 0.2) is 17.5 Å². The average Bonchev–Trinajstić information content (AvgIpc) is 2.55. The van der Waals surface area contributed by atoms with Gasteiger partial charge in [0.15, 0.2) is 0 Å². The average molecular weight is 233 g/mol. The molecule has 0 saturated carbocycles. The van der Waals surface area contributed by atoms with Crippen molar-refractivity contribution in [1.82, 2.24) is 0 Å². The third-order valence-electron chi connectivity index (χ3n) is 1.88. The highest BCUT2D eigenvalue weighted by Gasteiger charge is 2.10. The lowest BCUT2D eigenvalue weighted by Crippen LogP contribution is -1.75. The van der Waals surface area contributed by atoms with Crippen LogP contribution in [0.2, 0.25) is 5.02 Å². The highest BCUT2D eigenvalue weighted by molar-refractivity contribution is 7.17. The van der Waals surface area contributed by atoms with Gasteiger partial charge in [-0.1, -0.05) is 11.6 Å². The Morgan fingerprint density at radius 2 is 2.15 bits per heavy atom. The largest absolute Gasteiger partial charge is 0.506 e. The molecule has 1 aromatic heterocycles. The van der Waals surface area contributed by atoms with Crippen molar-refractivity contribution in [2.45, 2.75) is 5.88 Å². The molecule has 0 aliphatic carbocycles. The Hall–Kier alpha value is -0.440. The second-order valence-corrected chi connectivity index (χ2v) is 4.25. The number of alkyl halides is 1. The van der Waals surface area contributed by atoms with Gasteiger partial charge >= 0.3 is 0 Å². The zero-order valence-corrected chi connectivity index (χ0v) is 8.88. The van der Waals surface area contributed by atoms with Crippen LogP contribution in [0, 0.1) is 0 Å². The normalized spacial score (nSPS) is 10.9. The van der Waals surface area contributed by atoms with Gasteiger partial charge in [-0.2, -0.15) is 0 Å². The Morgan fingerprint density at radius 1 is 1.38 bits per heavy atom. The van der Waals surface area contributed by atoms with Crippen molar-refractivity contribution in [1.29, 1.82) is 0 Å². The first-order valence-corrected chi connectivity index (χ1v) is 5.46. The molecule has 0 unspecified atom stereocenters. The lowest BCUT2D eigenvalue weighted by molar-refractivity contribution is 0.482. The van der Waals surface area contributed by atoms with E-state index in [0.29, 0.717) is 10.9 Å². The third-order valence-corrected chi connectivity index (χ3v) is 3.47. The summed E-state index contributed by atoms with van der Waals surface area (Å²) in [5.74, 6) is 0.532. The number of aromatic hydroxyl groups is 1. The molecule has 1 aromatic carbocycles. The Morgan fingerprint density at radius 3 is 2.85 bits per heavy atom. The zero-order chi connectivity index (χ0) is 9.42. The molecule has 0 amide bonds. The molecule has 0 radical (unpaired) electrons. The van der Waals surface area contributed by atoms with Crippen LogP contribution in [-0.4, -0.2) is 5.11 Å². The number of phenolic OH excluding ortho intramolecular Hbond substituents is 1. The topological polar surface area (TPSA) is 20.2 Å². The van der Waals surface area contributed by atoms with Gasteiger partial charge in [-0.3, -0.25) is 0 Å². The Labute approximate surface area is 89.5 Å². The summed E-state index contributed by atoms with van der Waals surface area (Å²) in [5, 5.41) is 12.8. The summed E-state index contributed by atoms with van der Waals surface area (Å²) in [7, 11) is 0. The molecule has 0 atom stereocenters. The number of thiophene rings is 1. The van der Waals surface area contributed by atoms with Gasteiger partial charge < -0.3 is 5.11 Å². The zero-order valence-electron chi connectivity index (χ0n) is 6.55. The number of phenols is 1. The molecule has 1 N–H and O–H groups in total. The van der Waals surface area contributed by atoms with E-state index < -0.39 is 0 Å². The van der Waals surface area contributed by atoms with E-state index >= 15 is 0 Å². The van der Waals surface area contributed by atoms with E-state index in [9.17, 15) is 5.11 Å². The molecular formula is C9H6Cl2OS. The highest BCUT2D eigenvalue weighted by Crippen LogP contribution is 2.38. The minimum absolute atomic E-state index is 0.135. The van der Waals surface area contributed by atoms with Gasteiger partial charge in [0.2, 0.25) is 0 Å². The van der Waals surface area contributed by atoms with Crippen LogP contribution in [0.5, 0.6) is 5.75 Å². The van der Waals surface area contributed by atoms with E-state index in [4.69, 9.17) is 23.2 Å². The number of hydrogen-bond acceptors (Lipinski definition) is 2. The monoisotopic (exact) mass is 232 g/mol. The first-order valence-electron chi connectivity index (χ1n) is 3.67. The van der Waals surface area contributed by atoms with Crippen molar-refractivity contribution in [3.63, 3.8) is 0 Å². The van der Waals surface area contributed by atoms with Crippen LogP contribution in [0.1, 0.15) is 5.56 Å². The molecule has 1 heterocycles. The summed E-state index contributed by atoms with van der Waals surface area (Å²) in [6.07, 6.45) is 0. The molecule has 2 rings (SSSR count). The van der Waals surface area contributed by atoms with Gasteiger partial charge in [0.25, 0.3) is 0 Å². The molecule has 0 fully saturated rings. The predicted octanol–water partition coefficient (Wildman–Crippen LogP) is 4.00. The van der Waals surface area contributed by atoms with Crippen molar-refractivity contribution < 1.29 is 5.11 Å². The molecule has 1 nitrogen and oxygen atoms in total. The first-order chi connectivity index (χ1) is 6.24. The van der Waals surface area contributed by atoms with E-state index in [1.165, 1.54) is 0 Å². The molecule has 13 heavy (non-hydrogen) atoms. The van der Waals surface area contributed by atoms with Gasteiger partial charge in [-0.15, -0.1) is 22.9 Å². The molecule has 0 bridgehead atoms. The van der Waals surface area contributed by atoms with Gasteiger partial charge in [0, 0.05) is 16.0 Å². The van der Waals surface area contributed by atoms with Crippen molar-refractivity contribution >= 4 is 44.6 Å². The smallest absolute Gasteiger partial charge is 0.143 e. The molecule has 0 aliphatic heterocycles. The van der Waals surface area contributed by atoms with Crippen LogP contribution in [0.4, 0.5) is 0 Å². The van der Waals surface area contributed by atoms with Gasteiger partial charge in [0.1, 0.15) is 5.75 Å². The van der Waals surface area contributed by atoms with Crippen molar-refractivity contribution in [3.05, 3.63) is 28.1 Å². The number of benzene rings is 1. The fourth-order valence-corrected chi connectivity index (χ4v) is 2.67. The highest BCUT2D eigenvalue weighted by atomic mass is 35.5. The Balaban J connectivity index is 2.85. The van der Waals surface area contributed by atoms with Crippen molar-refractivity contribution in [3.8, 4) is 5.75 Å². The van der Waals surface area contributed by atoms with Crippen LogP contribution >= 0.6 is 34.5 Å². The van der Waals surface area contributed by atoms with E-state index in [-0.39, 0.29) is 5.75 Å². The minimum atomic E-state index is 0.135.